The molecule has 102 valence electrons. The Morgan fingerprint density at radius 1 is 1.26 bits per heavy atom. The number of aromatic nitrogens is 2. The summed E-state index contributed by atoms with van der Waals surface area (Å²) in [4.78, 5) is 4.54. The van der Waals surface area contributed by atoms with Crippen molar-refractivity contribution in [3.05, 3.63) is 35.3 Å². The molecule has 1 aromatic heterocycles. The maximum atomic E-state index is 5.36. The molecule has 0 aliphatic rings. The standard InChI is InChI=1S/C15H21N3O/c1-10-11(2)14(19-5)7-6-12(10)15-13(8-16-3)18(4)9-17-15/h6-7,9,16H,8H2,1-5H3. The molecular weight excluding hydrogens is 238 g/mol. The van der Waals surface area contributed by atoms with Gasteiger partial charge in [-0.15, -0.1) is 0 Å². The minimum Gasteiger partial charge on any atom is -0.496 e. The average molecular weight is 259 g/mol. The molecule has 0 bridgehead atoms. The molecule has 0 unspecified atom stereocenters. The minimum atomic E-state index is 0.802. The van der Waals surface area contributed by atoms with Crippen LogP contribution in [-0.4, -0.2) is 23.7 Å². The lowest BCUT2D eigenvalue weighted by Gasteiger charge is -2.13. The van der Waals surface area contributed by atoms with Crippen molar-refractivity contribution in [1.82, 2.24) is 14.9 Å². The van der Waals surface area contributed by atoms with Crippen LogP contribution >= 0.6 is 0 Å². The minimum absolute atomic E-state index is 0.802. The monoisotopic (exact) mass is 259 g/mol. The molecule has 4 heteroatoms. The largest absolute Gasteiger partial charge is 0.496 e. The smallest absolute Gasteiger partial charge is 0.122 e. The first kappa shape index (κ1) is 13.6. The summed E-state index contributed by atoms with van der Waals surface area (Å²) in [5.41, 5.74) is 5.79. The van der Waals surface area contributed by atoms with Gasteiger partial charge in [0.2, 0.25) is 0 Å². The third kappa shape index (κ3) is 2.36. The van der Waals surface area contributed by atoms with Crippen LogP contribution in [0.25, 0.3) is 11.3 Å². The molecule has 2 aromatic rings. The molecule has 0 fully saturated rings. The van der Waals surface area contributed by atoms with E-state index in [2.05, 4.69) is 34.8 Å². The predicted octanol–water partition coefficient (Wildman–Crippen LogP) is 2.43. The van der Waals surface area contributed by atoms with Crippen LogP contribution in [0, 0.1) is 13.8 Å². The van der Waals surface area contributed by atoms with Gasteiger partial charge in [0.15, 0.2) is 0 Å². The highest BCUT2D eigenvalue weighted by atomic mass is 16.5. The lowest BCUT2D eigenvalue weighted by Crippen LogP contribution is -2.10. The van der Waals surface area contributed by atoms with Crippen molar-refractivity contribution in [1.29, 1.82) is 0 Å². The Hall–Kier alpha value is -1.81. The maximum absolute atomic E-state index is 5.36. The molecule has 0 spiro atoms. The van der Waals surface area contributed by atoms with E-state index < -0.39 is 0 Å². The van der Waals surface area contributed by atoms with Gasteiger partial charge in [0, 0.05) is 19.2 Å². The van der Waals surface area contributed by atoms with Crippen LogP contribution < -0.4 is 10.1 Å². The topological polar surface area (TPSA) is 39.1 Å². The SMILES string of the molecule is CNCc1c(-c2ccc(OC)c(C)c2C)ncn1C. The summed E-state index contributed by atoms with van der Waals surface area (Å²) in [6, 6.07) is 4.10. The zero-order valence-electron chi connectivity index (χ0n) is 12.2. The van der Waals surface area contributed by atoms with Crippen molar-refractivity contribution in [2.24, 2.45) is 7.05 Å². The van der Waals surface area contributed by atoms with E-state index in [0.717, 1.165) is 18.0 Å². The fourth-order valence-electron chi connectivity index (χ4n) is 2.33. The van der Waals surface area contributed by atoms with Gasteiger partial charge < -0.3 is 14.6 Å². The van der Waals surface area contributed by atoms with Crippen LogP contribution in [-0.2, 0) is 13.6 Å². The Morgan fingerprint density at radius 2 is 2.00 bits per heavy atom. The Bertz CT molecular complexity index is 587. The first-order valence-electron chi connectivity index (χ1n) is 6.39. The second-order valence-corrected chi connectivity index (χ2v) is 4.75. The molecule has 0 atom stereocenters. The highest BCUT2D eigenvalue weighted by Gasteiger charge is 2.15. The molecule has 0 radical (unpaired) electrons. The van der Waals surface area contributed by atoms with Crippen molar-refractivity contribution >= 4 is 0 Å². The number of ether oxygens (including phenoxy) is 1. The van der Waals surface area contributed by atoms with Gasteiger partial charge in [-0.05, 0) is 44.2 Å². The fourth-order valence-corrected chi connectivity index (χ4v) is 2.33. The molecule has 0 aliphatic carbocycles. The lowest BCUT2D eigenvalue weighted by atomic mass is 9.99. The van der Waals surface area contributed by atoms with Gasteiger partial charge in [-0.25, -0.2) is 4.98 Å². The van der Waals surface area contributed by atoms with Crippen LogP contribution in [0.4, 0.5) is 0 Å². The molecule has 1 aromatic carbocycles. The second kappa shape index (κ2) is 5.45. The number of nitrogens with one attached hydrogen (secondary N) is 1. The molecule has 2 rings (SSSR count). The van der Waals surface area contributed by atoms with Crippen LogP contribution in [0.3, 0.4) is 0 Å². The van der Waals surface area contributed by atoms with E-state index in [9.17, 15) is 0 Å². The zero-order chi connectivity index (χ0) is 14.0. The summed E-state index contributed by atoms with van der Waals surface area (Å²) in [6.45, 7) is 5.00. The van der Waals surface area contributed by atoms with Crippen molar-refractivity contribution in [3.8, 4) is 17.0 Å². The number of methoxy groups -OCH3 is 1. The number of imidazole rings is 1. The normalized spacial score (nSPS) is 10.8. The number of hydrogen-bond acceptors (Lipinski definition) is 3. The first-order valence-corrected chi connectivity index (χ1v) is 6.39. The first-order chi connectivity index (χ1) is 9.10. The van der Waals surface area contributed by atoms with E-state index in [1.807, 2.05) is 26.5 Å². The fraction of sp³-hybridized carbons (Fsp3) is 0.400. The molecule has 0 saturated heterocycles. The third-order valence-electron chi connectivity index (χ3n) is 3.62. The number of nitrogens with zero attached hydrogens (tertiary/aromatic N) is 2. The van der Waals surface area contributed by atoms with Crippen molar-refractivity contribution in [2.75, 3.05) is 14.2 Å². The third-order valence-corrected chi connectivity index (χ3v) is 3.62. The molecule has 0 aliphatic heterocycles. The van der Waals surface area contributed by atoms with Crippen LogP contribution in [0.5, 0.6) is 5.75 Å². The molecule has 0 saturated carbocycles. The van der Waals surface area contributed by atoms with Gasteiger partial charge in [0.05, 0.1) is 24.8 Å². The van der Waals surface area contributed by atoms with Gasteiger partial charge in [-0.1, -0.05) is 0 Å². The summed E-state index contributed by atoms with van der Waals surface area (Å²) in [5.74, 6) is 0.923. The second-order valence-electron chi connectivity index (χ2n) is 4.75. The van der Waals surface area contributed by atoms with E-state index >= 15 is 0 Å². The van der Waals surface area contributed by atoms with Gasteiger partial charge >= 0.3 is 0 Å². The molecule has 0 amide bonds. The van der Waals surface area contributed by atoms with Gasteiger partial charge in [-0.2, -0.15) is 0 Å². The number of hydrogen-bond donors (Lipinski definition) is 1. The van der Waals surface area contributed by atoms with Gasteiger partial charge in [0.25, 0.3) is 0 Å². The van der Waals surface area contributed by atoms with E-state index in [1.165, 1.54) is 22.4 Å². The lowest BCUT2D eigenvalue weighted by molar-refractivity contribution is 0.411. The molecule has 1 N–H and O–H groups in total. The number of aryl methyl sites for hydroxylation is 1. The zero-order valence-corrected chi connectivity index (χ0v) is 12.2. The Balaban J connectivity index is 2.56. The maximum Gasteiger partial charge on any atom is 0.122 e. The highest BCUT2D eigenvalue weighted by Crippen LogP contribution is 2.31. The summed E-state index contributed by atoms with van der Waals surface area (Å²) in [6.07, 6.45) is 1.86. The Labute approximate surface area is 114 Å². The van der Waals surface area contributed by atoms with Crippen LogP contribution in [0.1, 0.15) is 16.8 Å². The van der Waals surface area contributed by atoms with Crippen molar-refractivity contribution < 1.29 is 4.74 Å². The van der Waals surface area contributed by atoms with Crippen molar-refractivity contribution in [2.45, 2.75) is 20.4 Å². The molecule has 19 heavy (non-hydrogen) atoms. The van der Waals surface area contributed by atoms with E-state index in [-0.39, 0.29) is 0 Å². The van der Waals surface area contributed by atoms with Crippen molar-refractivity contribution in [3.63, 3.8) is 0 Å². The molecule has 4 nitrogen and oxygen atoms in total. The molecular formula is C15H21N3O. The number of rotatable bonds is 4. The Kier molecular flexibility index (Phi) is 3.90. The average Bonchev–Trinajstić information content (AvgIpc) is 2.75. The summed E-state index contributed by atoms with van der Waals surface area (Å²) in [7, 11) is 5.67. The van der Waals surface area contributed by atoms with Crippen LogP contribution in [0.15, 0.2) is 18.5 Å². The van der Waals surface area contributed by atoms with Gasteiger partial charge in [0.1, 0.15) is 5.75 Å². The molecule has 1 heterocycles. The van der Waals surface area contributed by atoms with E-state index in [0.29, 0.717) is 0 Å². The van der Waals surface area contributed by atoms with Crippen LogP contribution in [0.2, 0.25) is 0 Å². The summed E-state index contributed by atoms with van der Waals surface area (Å²) in [5, 5.41) is 3.19. The van der Waals surface area contributed by atoms with E-state index in [4.69, 9.17) is 4.74 Å². The summed E-state index contributed by atoms with van der Waals surface area (Å²) >= 11 is 0. The quantitative estimate of drug-likeness (QED) is 0.916. The van der Waals surface area contributed by atoms with E-state index in [1.54, 1.807) is 7.11 Å². The van der Waals surface area contributed by atoms with Gasteiger partial charge in [-0.3, -0.25) is 0 Å². The highest BCUT2D eigenvalue weighted by molar-refractivity contribution is 5.69. The summed E-state index contributed by atoms with van der Waals surface area (Å²) < 4.78 is 7.42. The Morgan fingerprint density at radius 3 is 2.63 bits per heavy atom. The number of benzene rings is 1. The predicted molar refractivity (Wildman–Crippen MR) is 77.4 cm³/mol.